The molecule has 0 aliphatic carbocycles. The van der Waals surface area contributed by atoms with Crippen molar-refractivity contribution in [1.29, 1.82) is 0 Å². The molecule has 0 saturated carbocycles. The first-order chi connectivity index (χ1) is 14.5. The molecule has 31 heavy (non-hydrogen) atoms. The van der Waals surface area contributed by atoms with Crippen LogP contribution >= 0.6 is 0 Å². The molecule has 0 radical (unpaired) electrons. The number of amides is 4. The van der Waals surface area contributed by atoms with Gasteiger partial charge in [0.2, 0.25) is 23.6 Å². The Bertz CT molecular complexity index is 800. The zero-order chi connectivity index (χ0) is 23.6. The maximum Gasteiger partial charge on any atom is 0.322 e. The predicted octanol–water partition coefficient (Wildman–Crippen LogP) is -3.02. The van der Waals surface area contributed by atoms with Crippen LogP contribution in [0.2, 0.25) is 0 Å². The molecule has 9 N–H and O–H groups in total. The summed E-state index contributed by atoms with van der Waals surface area (Å²) >= 11 is 0. The van der Waals surface area contributed by atoms with Crippen LogP contribution in [0.4, 0.5) is 0 Å². The predicted molar refractivity (Wildman–Crippen MR) is 108 cm³/mol. The van der Waals surface area contributed by atoms with Crippen LogP contribution in [-0.2, 0) is 30.4 Å². The van der Waals surface area contributed by atoms with E-state index in [2.05, 4.69) is 10.6 Å². The lowest BCUT2D eigenvalue weighted by Gasteiger charge is -2.24. The first-order valence-electron chi connectivity index (χ1n) is 9.37. The lowest BCUT2D eigenvalue weighted by molar-refractivity contribution is -0.139. The molecular weight excluding hydrogens is 410 g/mol. The van der Waals surface area contributed by atoms with Crippen LogP contribution in [0.25, 0.3) is 0 Å². The highest BCUT2D eigenvalue weighted by Gasteiger charge is 2.31. The molecule has 0 spiro atoms. The van der Waals surface area contributed by atoms with Crippen molar-refractivity contribution < 1.29 is 34.2 Å². The molecule has 0 aromatic heterocycles. The van der Waals surface area contributed by atoms with E-state index in [-0.39, 0.29) is 6.42 Å². The van der Waals surface area contributed by atoms with Crippen LogP contribution in [0.1, 0.15) is 18.9 Å². The van der Waals surface area contributed by atoms with E-state index in [0.29, 0.717) is 0 Å². The fraction of sp³-hybridized carbons (Fsp3) is 0.421. The zero-order valence-corrected chi connectivity index (χ0v) is 16.9. The number of carboxylic acids is 1. The third-order valence-corrected chi connectivity index (χ3v) is 4.15. The van der Waals surface area contributed by atoms with E-state index in [9.17, 15) is 29.1 Å². The molecule has 4 amide bonds. The van der Waals surface area contributed by atoms with Gasteiger partial charge in [0.15, 0.2) is 0 Å². The number of aliphatic carboxylic acids is 1. The number of rotatable bonds is 12. The minimum Gasteiger partial charge on any atom is -0.480 e. The van der Waals surface area contributed by atoms with Gasteiger partial charge in [0.25, 0.3) is 0 Å². The van der Waals surface area contributed by atoms with Gasteiger partial charge in [-0.05, 0) is 18.9 Å². The monoisotopic (exact) mass is 437 g/mol. The largest absolute Gasteiger partial charge is 0.480 e. The Balaban J connectivity index is 2.84. The van der Waals surface area contributed by atoms with E-state index >= 15 is 0 Å². The van der Waals surface area contributed by atoms with E-state index in [1.54, 1.807) is 30.3 Å². The molecule has 4 unspecified atom stereocenters. The smallest absolute Gasteiger partial charge is 0.322 e. The fourth-order valence-corrected chi connectivity index (χ4v) is 2.58. The summed E-state index contributed by atoms with van der Waals surface area (Å²) in [6.45, 7) is 0.469. The van der Waals surface area contributed by atoms with Crippen LogP contribution in [0.3, 0.4) is 0 Å². The summed E-state index contributed by atoms with van der Waals surface area (Å²) in [4.78, 5) is 59.0. The lowest BCUT2D eigenvalue weighted by Crippen LogP contribution is -2.59. The maximum absolute atomic E-state index is 12.6. The van der Waals surface area contributed by atoms with Crippen molar-refractivity contribution >= 4 is 29.6 Å². The lowest BCUT2D eigenvalue weighted by atomic mass is 10.0. The van der Waals surface area contributed by atoms with Gasteiger partial charge in [-0.2, -0.15) is 0 Å². The number of aliphatic hydroxyl groups excluding tert-OH is 1. The minimum atomic E-state index is -1.53. The molecule has 1 aromatic rings. The molecule has 1 rings (SSSR count). The molecular formula is C19H27N5O7. The number of carbonyl (C=O) groups excluding carboxylic acids is 4. The first kappa shape index (κ1) is 25.5. The first-order valence-corrected chi connectivity index (χ1v) is 9.37. The van der Waals surface area contributed by atoms with Gasteiger partial charge in [0.1, 0.15) is 18.6 Å². The van der Waals surface area contributed by atoms with Gasteiger partial charge in [-0.1, -0.05) is 30.3 Å². The third kappa shape index (κ3) is 9.23. The Morgan fingerprint density at radius 2 is 1.61 bits per heavy atom. The van der Waals surface area contributed by atoms with Crippen molar-refractivity contribution in [1.82, 2.24) is 16.0 Å². The second kappa shape index (κ2) is 12.2. The fourth-order valence-electron chi connectivity index (χ4n) is 2.58. The third-order valence-electron chi connectivity index (χ3n) is 4.15. The van der Waals surface area contributed by atoms with E-state index in [0.717, 1.165) is 5.56 Å². The molecule has 0 heterocycles. The van der Waals surface area contributed by atoms with Gasteiger partial charge in [0.05, 0.1) is 18.6 Å². The van der Waals surface area contributed by atoms with Crippen LogP contribution in [0.15, 0.2) is 30.3 Å². The van der Waals surface area contributed by atoms with Crippen molar-refractivity contribution in [3.63, 3.8) is 0 Å². The SMILES string of the molecule is CC(O)C(NC(=O)C(CC(N)=O)NC(=O)C(N)Cc1ccccc1)C(=O)NCC(=O)O. The number of nitrogens with one attached hydrogen (secondary N) is 3. The highest BCUT2D eigenvalue weighted by molar-refractivity contribution is 5.96. The summed E-state index contributed by atoms with van der Waals surface area (Å²) in [6.07, 6.45) is -1.81. The van der Waals surface area contributed by atoms with Crippen molar-refractivity contribution in [2.24, 2.45) is 11.5 Å². The number of primary amides is 1. The minimum absolute atomic E-state index is 0.172. The Hall–Kier alpha value is -3.51. The number of aliphatic hydroxyl groups is 1. The Morgan fingerprint density at radius 1 is 1.00 bits per heavy atom. The summed E-state index contributed by atoms with van der Waals surface area (Å²) in [5.41, 5.74) is 11.8. The highest BCUT2D eigenvalue weighted by atomic mass is 16.4. The molecule has 0 aliphatic rings. The molecule has 4 atom stereocenters. The maximum atomic E-state index is 12.6. The zero-order valence-electron chi connectivity index (χ0n) is 16.9. The topological polar surface area (TPSA) is 214 Å². The van der Waals surface area contributed by atoms with Crippen LogP contribution in [0, 0.1) is 0 Å². The molecule has 0 aliphatic heterocycles. The Kier molecular flexibility index (Phi) is 10.1. The number of carbonyl (C=O) groups is 5. The van der Waals surface area contributed by atoms with Crippen LogP contribution in [-0.4, -0.2) is 70.6 Å². The number of carboxylic acid groups (broad SMARTS) is 1. The Morgan fingerprint density at radius 3 is 2.13 bits per heavy atom. The number of benzene rings is 1. The molecule has 0 bridgehead atoms. The standard InChI is InChI=1S/C19H27N5O7/c1-10(25)16(19(31)22-9-15(27)28)24-18(30)13(8-14(21)26)23-17(29)12(20)7-11-5-3-2-4-6-11/h2-6,10,12-13,16,25H,7-9,20H2,1H3,(H2,21,26)(H,22,31)(H,23,29)(H,24,30)(H,27,28). The van der Waals surface area contributed by atoms with E-state index in [1.165, 1.54) is 6.92 Å². The number of hydrogen-bond acceptors (Lipinski definition) is 7. The van der Waals surface area contributed by atoms with Crippen molar-refractivity contribution in [3.05, 3.63) is 35.9 Å². The molecule has 1 aromatic carbocycles. The molecule has 170 valence electrons. The van der Waals surface area contributed by atoms with Crippen molar-refractivity contribution in [2.75, 3.05) is 6.54 Å². The molecule has 12 nitrogen and oxygen atoms in total. The van der Waals surface area contributed by atoms with Crippen LogP contribution in [0.5, 0.6) is 0 Å². The number of hydrogen-bond donors (Lipinski definition) is 7. The van der Waals surface area contributed by atoms with Gasteiger partial charge >= 0.3 is 5.97 Å². The van der Waals surface area contributed by atoms with Gasteiger partial charge in [-0.15, -0.1) is 0 Å². The van der Waals surface area contributed by atoms with Crippen LogP contribution < -0.4 is 27.4 Å². The van der Waals surface area contributed by atoms with Gasteiger partial charge in [0, 0.05) is 0 Å². The van der Waals surface area contributed by atoms with E-state index in [4.69, 9.17) is 16.6 Å². The average Bonchev–Trinajstić information content (AvgIpc) is 2.69. The molecule has 0 saturated heterocycles. The summed E-state index contributed by atoms with van der Waals surface area (Å²) < 4.78 is 0. The van der Waals surface area contributed by atoms with E-state index < -0.39 is 66.8 Å². The summed E-state index contributed by atoms with van der Waals surface area (Å²) in [5, 5.41) is 24.9. The quantitative estimate of drug-likeness (QED) is 0.178. The van der Waals surface area contributed by atoms with Gasteiger partial charge < -0.3 is 37.6 Å². The van der Waals surface area contributed by atoms with Crippen molar-refractivity contribution in [2.45, 2.75) is 44.0 Å². The Labute approximate surface area is 178 Å². The number of nitrogens with two attached hydrogens (primary N) is 2. The molecule has 12 heteroatoms. The summed E-state index contributed by atoms with van der Waals surface area (Å²) in [6, 6.07) is 4.86. The second-order valence-electron chi connectivity index (χ2n) is 6.87. The summed E-state index contributed by atoms with van der Waals surface area (Å²) in [5.74, 6) is -4.89. The summed E-state index contributed by atoms with van der Waals surface area (Å²) in [7, 11) is 0. The average molecular weight is 437 g/mol. The van der Waals surface area contributed by atoms with E-state index in [1.807, 2.05) is 5.32 Å². The van der Waals surface area contributed by atoms with Gasteiger partial charge in [-0.25, -0.2) is 0 Å². The van der Waals surface area contributed by atoms with Gasteiger partial charge in [-0.3, -0.25) is 24.0 Å². The highest BCUT2D eigenvalue weighted by Crippen LogP contribution is 2.04. The van der Waals surface area contributed by atoms with Crippen molar-refractivity contribution in [3.8, 4) is 0 Å². The molecule has 0 fully saturated rings. The second-order valence-corrected chi connectivity index (χ2v) is 6.87. The normalized spacial score (nSPS) is 14.4.